The van der Waals surface area contributed by atoms with Gasteiger partial charge in [-0.3, -0.25) is 5.32 Å². The highest BCUT2D eigenvalue weighted by Crippen LogP contribution is 2.38. The molecule has 0 aromatic heterocycles. The fourth-order valence-electron chi connectivity index (χ4n) is 2.75. The van der Waals surface area contributed by atoms with E-state index in [2.05, 4.69) is 33.0 Å². The number of rotatable bonds is 1. The Kier molecular flexibility index (Phi) is 2.82. The van der Waals surface area contributed by atoms with E-state index in [1.807, 2.05) is 0 Å². The van der Waals surface area contributed by atoms with Crippen molar-refractivity contribution in [2.75, 3.05) is 19.8 Å². The molecule has 2 heterocycles. The maximum Gasteiger partial charge on any atom is 0.145 e. The van der Waals surface area contributed by atoms with Crippen molar-refractivity contribution < 1.29 is 9.47 Å². The molecule has 1 spiro atoms. The summed E-state index contributed by atoms with van der Waals surface area (Å²) in [5, 5.41) is 3.52. The molecule has 0 amide bonds. The summed E-state index contributed by atoms with van der Waals surface area (Å²) in [7, 11) is 0. The lowest BCUT2D eigenvalue weighted by atomic mass is 9.78. The summed E-state index contributed by atoms with van der Waals surface area (Å²) in [6, 6.07) is 0. The van der Waals surface area contributed by atoms with Crippen molar-refractivity contribution in [1.29, 1.82) is 0 Å². The summed E-state index contributed by atoms with van der Waals surface area (Å²) in [6.45, 7) is 11.5. The first kappa shape index (κ1) is 11.4. The van der Waals surface area contributed by atoms with Gasteiger partial charge in [-0.25, -0.2) is 0 Å². The third-order valence-corrected chi connectivity index (χ3v) is 3.58. The molecule has 0 aliphatic carbocycles. The molecular weight excluding hydrogens is 190 g/mol. The van der Waals surface area contributed by atoms with E-state index in [0.717, 1.165) is 19.6 Å². The molecule has 2 fully saturated rings. The van der Waals surface area contributed by atoms with E-state index in [9.17, 15) is 0 Å². The number of ether oxygens (including phenoxy) is 2. The third kappa shape index (κ3) is 2.05. The van der Waals surface area contributed by atoms with Crippen LogP contribution in [-0.2, 0) is 9.47 Å². The molecule has 0 aromatic carbocycles. The maximum atomic E-state index is 6.28. The lowest BCUT2D eigenvalue weighted by Gasteiger charge is -2.49. The molecule has 88 valence electrons. The average Bonchev–Trinajstić information content (AvgIpc) is 2.59. The van der Waals surface area contributed by atoms with Crippen LogP contribution in [0, 0.1) is 11.3 Å². The van der Waals surface area contributed by atoms with Crippen molar-refractivity contribution in [3.63, 3.8) is 0 Å². The minimum atomic E-state index is -0.190. The van der Waals surface area contributed by atoms with Gasteiger partial charge in [0, 0.05) is 18.4 Å². The molecule has 0 radical (unpaired) electrons. The zero-order valence-corrected chi connectivity index (χ0v) is 10.3. The summed E-state index contributed by atoms with van der Waals surface area (Å²) in [4.78, 5) is 0. The van der Waals surface area contributed by atoms with E-state index in [0.29, 0.717) is 18.6 Å². The van der Waals surface area contributed by atoms with Crippen LogP contribution in [0.2, 0.25) is 0 Å². The van der Waals surface area contributed by atoms with Crippen LogP contribution >= 0.6 is 0 Å². The molecular formula is C12H23NO2. The molecule has 2 unspecified atom stereocenters. The van der Waals surface area contributed by atoms with E-state index < -0.39 is 0 Å². The van der Waals surface area contributed by atoms with Crippen LogP contribution in [0.3, 0.4) is 0 Å². The highest BCUT2D eigenvalue weighted by atomic mass is 16.6. The van der Waals surface area contributed by atoms with Crippen LogP contribution in [0.5, 0.6) is 0 Å². The molecule has 2 saturated heterocycles. The quantitative estimate of drug-likeness (QED) is 0.720. The van der Waals surface area contributed by atoms with Gasteiger partial charge in [0.1, 0.15) is 5.72 Å². The van der Waals surface area contributed by atoms with Gasteiger partial charge in [0.2, 0.25) is 0 Å². The minimum absolute atomic E-state index is 0.190. The van der Waals surface area contributed by atoms with E-state index >= 15 is 0 Å². The second kappa shape index (κ2) is 3.72. The first-order chi connectivity index (χ1) is 6.95. The predicted molar refractivity (Wildman–Crippen MR) is 59.7 cm³/mol. The van der Waals surface area contributed by atoms with Crippen LogP contribution in [0.25, 0.3) is 0 Å². The van der Waals surface area contributed by atoms with Gasteiger partial charge >= 0.3 is 0 Å². The van der Waals surface area contributed by atoms with Crippen molar-refractivity contribution in [3.05, 3.63) is 0 Å². The predicted octanol–water partition coefficient (Wildman–Crippen LogP) is 1.77. The van der Waals surface area contributed by atoms with E-state index in [4.69, 9.17) is 9.47 Å². The normalized spacial score (nSPS) is 40.2. The zero-order valence-electron chi connectivity index (χ0n) is 10.3. The molecule has 0 aromatic rings. The molecule has 0 bridgehead atoms. The van der Waals surface area contributed by atoms with E-state index in [1.165, 1.54) is 0 Å². The van der Waals surface area contributed by atoms with Gasteiger partial charge < -0.3 is 9.47 Å². The summed E-state index contributed by atoms with van der Waals surface area (Å²) in [5.74, 6) is 0.555. The van der Waals surface area contributed by atoms with Crippen LogP contribution in [0.1, 0.15) is 34.1 Å². The Morgan fingerprint density at radius 1 is 1.33 bits per heavy atom. The van der Waals surface area contributed by atoms with Gasteiger partial charge in [-0.2, -0.15) is 0 Å². The molecule has 0 saturated carbocycles. The van der Waals surface area contributed by atoms with Crippen molar-refractivity contribution in [3.8, 4) is 0 Å². The summed E-state index contributed by atoms with van der Waals surface area (Å²) in [6.07, 6.45) is 1.30. The SMILES string of the molecule is CC(C)C1OC2(CCOC2)NCC1(C)C. The van der Waals surface area contributed by atoms with Crippen molar-refractivity contribution >= 4 is 0 Å². The van der Waals surface area contributed by atoms with Crippen molar-refractivity contribution in [2.45, 2.75) is 45.9 Å². The fraction of sp³-hybridized carbons (Fsp3) is 1.00. The highest BCUT2D eigenvalue weighted by Gasteiger charge is 2.48. The standard InChI is InChI=1S/C12H23NO2/c1-9(2)10-11(3,4)7-13-12(15-10)5-6-14-8-12/h9-10,13H,5-8H2,1-4H3. The Labute approximate surface area is 92.5 Å². The second-order valence-corrected chi connectivity index (χ2v) is 5.92. The van der Waals surface area contributed by atoms with Gasteiger partial charge in [-0.05, 0) is 5.92 Å². The van der Waals surface area contributed by atoms with Crippen LogP contribution < -0.4 is 5.32 Å². The van der Waals surface area contributed by atoms with Gasteiger partial charge in [-0.15, -0.1) is 0 Å². The van der Waals surface area contributed by atoms with Crippen molar-refractivity contribution in [1.82, 2.24) is 5.32 Å². The Morgan fingerprint density at radius 3 is 2.60 bits per heavy atom. The van der Waals surface area contributed by atoms with Crippen LogP contribution in [0.15, 0.2) is 0 Å². The molecule has 3 nitrogen and oxygen atoms in total. The van der Waals surface area contributed by atoms with Crippen LogP contribution in [-0.4, -0.2) is 31.6 Å². The lowest BCUT2D eigenvalue weighted by Crippen LogP contribution is -2.63. The Balaban J connectivity index is 2.12. The highest BCUT2D eigenvalue weighted by molar-refractivity contribution is 4.96. The first-order valence-corrected chi connectivity index (χ1v) is 5.96. The van der Waals surface area contributed by atoms with Gasteiger partial charge in [-0.1, -0.05) is 27.7 Å². The molecule has 15 heavy (non-hydrogen) atoms. The smallest absolute Gasteiger partial charge is 0.145 e. The van der Waals surface area contributed by atoms with E-state index in [1.54, 1.807) is 0 Å². The van der Waals surface area contributed by atoms with Crippen molar-refractivity contribution in [2.24, 2.45) is 11.3 Å². The number of hydrogen-bond donors (Lipinski definition) is 1. The van der Waals surface area contributed by atoms with Crippen LogP contribution in [0.4, 0.5) is 0 Å². The topological polar surface area (TPSA) is 30.5 Å². The molecule has 2 rings (SSSR count). The number of nitrogens with one attached hydrogen (secondary N) is 1. The van der Waals surface area contributed by atoms with Gasteiger partial charge in [0.15, 0.2) is 0 Å². The third-order valence-electron chi connectivity index (χ3n) is 3.58. The summed E-state index contributed by atoms with van der Waals surface area (Å²) >= 11 is 0. The fourth-order valence-corrected chi connectivity index (χ4v) is 2.75. The average molecular weight is 213 g/mol. The van der Waals surface area contributed by atoms with Gasteiger partial charge in [0.25, 0.3) is 0 Å². The Bertz CT molecular complexity index is 232. The maximum absolute atomic E-state index is 6.28. The Morgan fingerprint density at radius 2 is 2.07 bits per heavy atom. The number of hydrogen-bond acceptors (Lipinski definition) is 3. The van der Waals surface area contributed by atoms with E-state index in [-0.39, 0.29) is 11.1 Å². The molecule has 2 aliphatic rings. The first-order valence-electron chi connectivity index (χ1n) is 5.96. The van der Waals surface area contributed by atoms with Gasteiger partial charge in [0.05, 0.1) is 19.3 Å². The molecule has 2 atom stereocenters. The Hall–Kier alpha value is -0.120. The largest absolute Gasteiger partial charge is 0.377 e. The molecule has 3 heteroatoms. The molecule has 1 N–H and O–H groups in total. The second-order valence-electron chi connectivity index (χ2n) is 5.92. The lowest BCUT2D eigenvalue weighted by molar-refractivity contribution is -0.201. The zero-order chi connectivity index (χ0) is 11.1. The monoisotopic (exact) mass is 213 g/mol. The summed E-state index contributed by atoms with van der Waals surface area (Å²) in [5.41, 5.74) is 0.0203. The molecule has 2 aliphatic heterocycles. The minimum Gasteiger partial charge on any atom is -0.377 e. The summed E-state index contributed by atoms with van der Waals surface area (Å²) < 4.78 is 11.7.